The molecule has 0 atom stereocenters. The van der Waals surface area contributed by atoms with Crippen LogP contribution in [0.2, 0.25) is 0 Å². The maximum absolute atomic E-state index is 11.2. The van der Waals surface area contributed by atoms with Gasteiger partial charge in [-0.3, -0.25) is 4.79 Å². The van der Waals surface area contributed by atoms with Crippen LogP contribution in [0.15, 0.2) is 30.3 Å². The molecule has 1 rings (SSSR count). The summed E-state index contributed by atoms with van der Waals surface area (Å²) in [7, 11) is 0. The predicted octanol–water partition coefficient (Wildman–Crippen LogP) is 3.95. The summed E-state index contributed by atoms with van der Waals surface area (Å²) in [6.07, 6.45) is 6.46. The molecule has 0 saturated carbocycles. The average Bonchev–Trinajstić information content (AvgIpc) is 2.41. The quantitative estimate of drug-likeness (QED) is 0.488. The van der Waals surface area contributed by atoms with Crippen molar-refractivity contribution in [2.24, 2.45) is 0 Å². The van der Waals surface area contributed by atoms with Crippen molar-refractivity contribution in [1.82, 2.24) is 0 Å². The average molecular weight is 247 g/mol. The summed E-state index contributed by atoms with van der Waals surface area (Å²) >= 11 is 0. The fourth-order valence-electron chi connectivity index (χ4n) is 1.78. The first-order chi connectivity index (χ1) is 8.83. The van der Waals surface area contributed by atoms with Crippen molar-refractivity contribution in [1.29, 1.82) is 0 Å². The van der Waals surface area contributed by atoms with Crippen molar-refractivity contribution >= 4 is 5.97 Å². The molecule has 0 fully saturated rings. The number of carbonyl (C=O) groups excluding carboxylic acids is 1. The van der Waals surface area contributed by atoms with E-state index in [1.807, 2.05) is 6.07 Å². The molecule has 2 nitrogen and oxygen atoms in total. The molecule has 0 N–H and O–H groups in total. The van der Waals surface area contributed by atoms with Crippen molar-refractivity contribution in [3.63, 3.8) is 0 Å². The zero-order valence-corrected chi connectivity index (χ0v) is 11.1. The summed E-state index contributed by atoms with van der Waals surface area (Å²) < 4.78 is 5.13. The van der Waals surface area contributed by atoms with Crippen molar-refractivity contribution in [2.75, 3.05) is 6.61 Å². The molecule has 1 aromatic carbocycles. The van der Waals surface area contributed by atoms with Gasteiger partial charge in [0.15, 0.2) is 0 Å². The number of unbranched alkanes of at least 4 members (excludes halogenated alkanes) is 3. The molecule has 0 aliphatic rings. The first-order valence-corrected chi connectivity index (χ1v) is 6.81. The molecule has 0 spiro atoms. The van der Waals surface area contributed by atoms with Gasteiger partial charge in [0.2, 0.25) is 0 Å². The Labute approximate surface area is 110 Å². The van der Waals surface area contributed by atoms with Crippen LogP contribution in [-0.2, 0) is 16.0 Å². The number of hydrogen-bond donors (Lipinski definition) is 0. The second kappa shape index (κ2) is 9.69. The topological polar surface area (TPSA) is 26.3 Å². The van der Waals surface area contributed by atoms with Crippen LogP contribution in [0.1, 0.15) is 44.1 Å². The SMILES string of the molecule is [CH2]CCCC(=O)OCCCCCc1ccccc1. The van der Waals surface area contributed by atoms with Crippen molar-refractivity contribution < 1.29 is 9.53 Å². The molecule has 2 heteroatoms. The molecule has 0 aliphatic carbocycles. The highest BCUT2D eigenvalue weighted by molar-refractivity contribution is 5.69. The molecule has 0 amide bonds. The molecule has 0 unspecified atom stereocenters. The molecule has 99 valence electrons. The number of aryl methyl sites for hydroxylation is 1. The molecule has 1 radical (unpaired) electrons. The van der Waals surface area contributed by atoms with Crippen LogP contribution in [0.5, 0.6) is 0 Å². The zero-order chi connectivity index (χ0) is 13.1. The van der Waals surface area contributed by atoms with Crippen LogP contribution in [0.3, 0.4) is 0 Å². The number of esters is 1. The lowest BCUT2D eigenvalue weighted by Gasteiger charge is -2.04. The van der Waals surface area contributed by atoms with Crippen molar-refractivity contribution in [3.05, 3.63) is 42.8 Å². The highest BCUT2D eigenvalue weighted by atomic mass is 16.5. The van der Waals surface area contributed by atoms with Gasteiger partial charge in [-0.1, -0.05) is 43.7 Å². The van der Waals surface area contributed by atoms with E-state index >= 15 is 0 Å². The lowest BCUT2D eigenvalue weighted by molar-refractivity contribution is -0.143. The Hall–Kier alpha value is -1.31. The van der Waals surface area contributed by atoms with E-state index in [1.54, 1.807) is 0 Å². The van der Waals surface area contributed by atoms with Crippen LogP contribution >= 0.6 is 0 Å². The van der Waals surface area contributed by atoms with Crippen LogP contribution < -0.4 is 0 Å². The molecule has 0 saturated heterocycles. The summed E-state index contributed by atoms with van der Waals surface area (Å²) in [5, 5.41) is 0. The molecule has 1 aromatic rings. The number of benzene rings is 1. The van der Waals surface area contributed by atoms with E-state index in [0.717, 1.165) is 38.5 Å². The minimum absolute atomic E-state index is 0.0818. The minimum Gasteiger partial charge on any atom is -0.466 e. The van der Waals surface area contributed by atoms with E-state index in [0.29, 0.717) is 13.0 Å². The molecular formula is C16H23O2. The zero-order valence-electron chi connectivity index (χ0n) is 11.1. The fraction of sp³-hybridized carbons (Fsp3) is 0.500. The Morgan fingerprint density at radius 1 is 1.06 bits per heavy atom. The van der Waals surface area contributed by atoms with Crippen LogP contribution in [0.4, 0.5) is 0 Å². The highest BCUT2D eigenvalue weighted by Gasteiger charge is 2.00. The fourth-order valence-corrected chi connectivity index (χ4v) is 1.78. The van der Waals surface area contributed by atoms with Crippen LogP contribution in [-0.4, -0.2) is 12.6 Å². The number of hydrogen-bond acceptors (Lipinski definition) is 2. The van der Waals surface area contributed by atoms with Gasteiger partial charge in [-0.2, -0.15) is 0 Å². The summed E-state index contributed by atoms with van der Waals surface area (Å²) in [4.78, 5) is 11.2. The largest absolute Gasteiger partial charge is 0.466 e. The molecular weight excluding hydrogens is 224 g/mol. The molecule has 0 heterocycles. The van der Waals surface area contributed by atoms with Crippen LogP contribution in [0.25, 0.3) is 0 Å². The van der Waals surface area contributed by atoms with Gasteiger partial charge in [-0.15, -0.1) is 0 Å². The Balaban J connectivity index is 1.94. The third-order valence-corrected chi connectivity index (χ3v) is 2.85. The minimum atomic E-state index is -0.0818. The Morgan fingerprint density at radius 2 is 1.83 bits per heavy atom. The normalized spacial score (nSPS) is 10.3. The first-order valence-electron chi connectivity index (χ1n) is 6.81. The summed E-state index contributed by atoms with van der Waals surface area (Å²) in [5.41, 5.74) is 1.38. The van der Waals surface area contributed by atoms with Gasteiger partial charge in [-0.05, 0) is 37.7 Å². The van der Waals surface area contributed by atoms with Crippen LogP contribution in [0, 0.1) is 6.92 Å². The van der Waals surface area contributed by atoms with Crippen molar-refractivity contribution in [2.45, 2.75) is 44.9 Å². The third kappa shape index (κ3) is 7.10. The van der Waals surface area contributed by atoms with E-state index in [9.17, 15) is 4.79 Å². The summed E-state index contributed by atoms with van der Waals surface area (Å²) in [6, 6.07) is 10.5. The second-order valence-electron chi connectivity index (χ2n) is 4.47. The second-order valence-corrected chi connectivity index (χ2v) is 4.47. The maximum Gasteiger partial charge on any atom is 0.305 e. The highest BCUT2D eigenvalue weighted by Crippen LogP contribution is 2.06. The molecule has 0 aromatic heterocycles. The van der Waals surface area contributed by atoms with Gasteiger partial charge < -0.3 is 4.74 Å². The van der Waals surface area contributed by atoms with E-state index in [2.05, 4.69) is 31.2 Å². The summed E-state index contributed by atoms with van der Waals surface area (Å²) in [5.74, 6) is -0.0818. The lowest BCUT2D eigenvalue weighted by atomic mass is 10.1. The Morgan fingerprint density at radius 3 is 2.56 bits per heavy atom. The number of ether oxygens (including phenoxy) is 1. The van der Waals surface area contributed by atoms with Crippen molar-refractivity contribution in [3.8, 4) is 0 Å². The van der Waals surface area contributed by atoms with Gasteiger partial charge in [0.25, 0.3) is 0 Å². The molecule has 18 heavy (non-hydrogen) atoms. The van der Waals surface area contributed by atoms with Gasteiger partial charge in [0.05, 0.1) is 6.61 Å². The van der Waals surface area contributed by atoms with E-state index in [1.165, 1.54) is 5.56 Å². The number of carbonyl (C=O) groups is 1. The van der Waals surface area contributed by atoms with E-state index in [-0.39, 0.29) is 5.97 Å². The Bertz CT molecular complexity index is 319. The Kier molecular flexibility index (Phi) is 7.94. The van der Waals surface area contributed by atoms with Gasteiger partial charge in [-0.25, -0.2) is 0 Å². The first kappa shape index (κ1) is 14.7. The molecule has 0 aliphatic heterocycles. The maximum atomic E-state index is 11.2. The predicted molar refractivity (Wildman–Crippen MR) is 74.2 cm³/mol. The smallest absolute Gasteiger partial charge is 0.305 e. The third-order valence-electron chi connectivity index (χ3n) is 2.85. The number of rotatable bonds is 9. The van der Waals surface area contributed by atoms with Gasteiger partial charge in [0.1, 0.15) is 0 Å². The van der Waals surface area contributed by atoms with Gasteiger partial charge >= 0.3 is 5.97 Å². The monoisotopic (exact) mass is 247 g/mol. The lowest BCUT2D eigenvalue weighted by Crippen LogP contribution is -2.05. The van der Waals surface area contributed by atoms with E-state index in [4.69, 9.17) is 4.74 Å². The summed E-state index contributed by atoms with van der Waals surface area (Å²) in [6.45, 7) is 4.26. The van der Waals surface area contributed by atoms with E-state index < -0.39 is 0 Å². The molecule has 0 bridgehead atoms. The van der Waals surface area contributed by atoms with Gasteiger partial charge in [0, 0.05) is 6.42 Å². The standard InChI is InChI=1S/C16H23O2/c1-2-3-13-16(17)18-14-9-5-8-12-15-10-6-4-7-11-15/h4,6-7,10-11H,1-3,5,8-9,12-14H2.